The second kappa shape index (κ2) is 15.2. The summed E-state index contributed by atoms with van der Waals surface area (Å²) >= 11 is 0. The zero-order chi connectivity index (χ0) is 31.9. The zero-order valence-corrected chi connectivity index (χ0v) is 26.8. The van der Waals surface area contributed by atoms with Gasteiger partial charge in [-0.25, -0.2) is 0 Å². The molecule has 0 bridgehead atoms. The maximum absolute atomic E-state index is 11.4. The molecule has 0 radical (unpaired) electrons. The Bertz CT molecular complexity index is 1550. The Morgan fingerprint density at radius 3 is 2.13 bits per heavy atom. The van der Waals surface area contributed by atoms with Crippen LogP contribution in [-0.2, 0) is 34.0 Å². The van der Waals surface area contributed by atoms with E-state index in [-0.39, 0.29) is 30.6 Å². The number of benzene rings is 4. The van der Waals surface area contributed by atoms with Crippen molar-refractivity contribution >= 4 is 5.91 Å². The lowest BCUT2D eigenvalue weighted by Gasteiger charge is -2.44. The number of carbonyl (C=O) groups is 1. The van der Waals surface area contributed by atoms with Gasteiger partial charge >= 0.3 is 0 Å². The van der Waals surface area contributed by atoms with Gasteiger partial charge in [0.1, 0.15) is 0 Å². The lowest BCUT2D eigenvalue weighted by molar-refractivity contribution is -0.276. The molecular weight excluding hydrogens is 574 g/mol. The third-order valence-corrected chi connectivity index (χ3v) is 9.26. The number of amides is 1. The first-order chi connectivity index (χ1) is 22.4. The van der Waals surface area contributed by atoms with E-state index in [1.807, 2.05) is 24.3 Å². The largest absolute Gasteiger partial charge is 0.392 e. The van der Waals surface area contributed by atoms with E-state index in [0.29, 0.717) is 6.54 Å². The van der Waals surface area contributed by atoms with Crippen LogP contribution in [0.3, 0.4) is 0 Å². The van der Waals surface area contributed by atoms with Gasteiger partial charge in [0.25, 0.3) is 0 Å². The van der Waals surface area contributed by atoms with Gasteiger partial charge < -0.3 is 19.9 Å². The van der Waals surface area contributed by atoms with Crippen LogP contribution < -0.4 is 5.32 Å². The van der Waals surface area contributed by atoms with E-state index >= 15 is 0 Å². The Hall–Kier alpha value is -3.85. The molecule has 46 heavy (non-hydrogen) atoms. The highest BCUT2D eigenvalue weighted by Crippen LogP contribution is 2.42. The maximum atomic E-state index is 11.4. The van der Waals surface area contributed by atoms with Crippen LogP contribution in [-0.4, -0.2) is 59.6 Å². The smallest absolute Gasteiger partial charge is 0.217 e. The Morgan fingerprint density at radius 2 is 1.43 bits per heavy atom. The molecule has 2 aliphatic rings. The van der Waals surface area contributed by atoms with E-state index in [1.54, 1.807) is 0 Å². The van der Waals surface area contributed by atoms with Gasteiger partial charge in [-0.15, -0.1) is 0 Å². The van der Waals surface area contributed by atoms with Crippen LogP contribution in [0.1, 0.15) is 54.1 Å². The fourth-order valence-electron chi connectivity index (χ4n) is 6.47. The van der Waals surface area contributed by atoms with Crippen molar-refractivity contribution < 1.29 is 19.4 Å². The number of carbonyl (C=O) groups excluding carboxylic acids is 1. The summed E-state index contributed by atoms with van der Waals surface area (Å²) in [6.45, 7) is 10.2. The number of aliphatic hydroxyl groups excluding tert-OH is 1. The van der Waals surface area contributed by atoms with Crippen LogP contribution >= 0.6 is 0 Å². The van der Waals surface area contributed by atoms with Crippen molar-refractivity contribution in [3.05, 3.63) is 131 Å². The number of nitrogens with zero attached hydrogens (tertiary/aromatic N) is 2. The summed E-state index contributed by atoms with van der Waals surface area (Å²) in [5, 5.41) is 12.5. The summed E-state index contributed by atoms with van der Waals surface area (Å²) in [6, 6.07) is 35.5. The molecule has 1 amide bonds. The predicted molar refractivity (Wildman–Crippen MR) is 181 cm³/mol. The van der Waals surface area contributed by atoms with E-state index in [1.165, 1.54) is 12.5 Å². The summed E-state index contributed by atoms with van der Waals surface area (Å²) in [6.07, 6.45) is -0.642. The summed E-state index contributed by atoms with van der Waals surface area (Å²) in [4.78, 5) is 16.5. The molecule has 7 nitrogen and oxygen atoms in total. The summed E-state index contributed by atoms with van der Waals surface area (Å²) in [5.41, 5.74) is 7.59. The van der Waals surface area contributed by atoms with Gasteiger partial charge in [-0.05, 0) is 39.4 Å². The molecule has 2 N–H and O–H groups in total. The average Bonchev–Trinajstić information content (AvgIpc) is 3.10. The molecule has 2 aliphatic heterocycles. The Kier molecular flexibility index (Phi) is 10.6. The lowest BCUT2D eigenvalue weighted by Crippen LogP contribution is -2.51. The highest BCUT2D eigenvalue weighted by atomic mass is 16.7. The van der Waals surface area contributed by atoms with Crippen molar-refractivity contribution in [3.8, 4) is 11.1 Å². The van der Waals surface area contributed by atoms with Crippen molar-refractivity contribution in [3.63, 3.8) is 0 Å². The normalized spacial score (nSPS) is 22.4. The highest BCUT2D eigenvalue weighted by Gasteiger charge is 2.39. The molecule has 0 saturated carbocycles. The molecular formula is C39H45N3O4. The van der Waals surface area contributed by atoms with Gasteiger partial charge in [-0.2, -0.15) is 0 Å². The molecule has 0 aliphatic carbocycles. The van der Waals surface area contributed by atoms with Gasteiger partial charge in [-0.3, -0.25) is 14.6 Å². The molecule has 4 atom stereocenters. The second-order valence-electron chi connectivity index (χ2n) is 12.6. The SMILES string of the molecule is CC(=O)NCc1cccc(-c2ccc([C@@H]3O[C@H](CN4CCN(Cc5ccccc5)CC4)[C@H](C)[C@H](c4ccc(CO)cc4)O3)cc2)c1. The van der Waals surface area contributed by atoms with E-state index in [9.17, 15) is 9.90 Å². The van der Waals surface area contributed by atoms with Gasteiger partial charge in [0.15, 0.2) is 6.29 Å². The number of ether oxygens (including phenoxy) is 2. The molecule has 0 aromatic heterocycles. The third-order valence-electron chi connectivity index (χ3n) is 9.26. The van der Waals surface area contributed by atoms with E-state index in [4.69, 9.17) is 9.47 Å². The van der Waals surface area contributed by atoms with Crippen LogP contribution in [0.4, 0.5) is 0 Å². The molecule has 2 heterocycles. The predicted octanol–water partition coefficient (Wildman–Crippen LogP) is 6.09. The van der Waals surface area contributed by atoms with Gasteiger partial charge in [0.05, 0.1) is 18.8 Å². The Morgan fingerprint density at radius 1 is 0.761 bits per heavy atom. The fraction of sp³-hybridized carbons (Fsp3) is 0.359. The van der Waals surface area contributed by atoms with Crippen molar-refractivity contribution in [1.29, 1.82) is 0 Å². The van der Waals surface area contributed by atoms with E-state index < -0.39 is 6.29 Å². The topological polar surface area (TPSA) is 74.3 Å². The standard InChI is InChI=1S/C39H45N3O4/c1-28-37(26-42-21-19-41(20-22-42)25-30-7-4-3-5-8-30)45-39(46-38(28)34-13-11-31(27-43)12-14-34)35-17-15-33(16-18-35)36-10-6-9-32(23-36)24-40-29(2)44/h3-18,23,28,37-39,43H,19-22,24-27H2,1-2H3,(H,40,44)/t28-,37+,38+,39+/m0/s1. The van der Waals surface area contributed by atoms with E-state index in [2.05, 4.69) is 101 Å². The van der Waals surface area contributed by atoms with Crippen molar-refractivity contribution in [1.82, 2.24) is 15.1 Å². The average molecular weight is 620 g/mol. The van der Waals surface area contributed by atoms with Gasteiger partial charge in [0, 0.05) is 64.2 Å². The minimum atomic E-state index is -0.497. The number of hydrogen-bond acceptors (Lipinski definition) is 6. The molecule has 240 valence electrons. The molecule has 2 fully saturated rings. The van der Waals surface area contributed by atoms with Crippen LogP contribution in [0, 0.1) is 5.92 Å². The van der Waals surface area contributed by atoms with Crippen molar-refractivity contribution in [2.24, 2.45) is 5.92 Å². The monoisotopic (exact) mass is 619 g/mol. The van der Waals surface area contributed by atoms with Crippen molar-refractivity contribution in [2.75, 3.05) is 32.7 Å². The number of hydrogen-bond donors (Lipinski definition) is 2. The molecule has 2 saturated heterocycles. The fourth-order valence-corrected chi connectivity index (χ4v) is 6.47. The van der Waals surface area contributed by atoms with E-state index in [0.717, 1.165) is 72.6 Å². The number of piperazine rings is 1. The molecule has 0 unspecified atom stereocenters. The summed E-state index contributed by atoms with van der Waals surface area (Å²) in [5.74, 6) is 0.104. The van der Waals surface area contributed by atoms with Crippen LogP contribution in [0.25, 0.3) is 11.1 Å². The van der Waals surface area contributed by atoms with Crippen molar-refractivity contribution in [2.45, 2.75) is 52.0 Å². The quantitative estimate of drug-likeness (QED) is 0.224. The second-order valence-corrected chi connectivity index (χ2v) is 12.6. The van der Waals surface area contributed by atoms with Crippen LogP contribution in [0.5, 0.6) is 0 Å². The Balaban J connectivity index is 1.16. The molecule has 6 rings (SSSR count). The van der Waals surface area contributed by atoms with Gasteiger partial charge in [0.2, 0.25) is 5.91 Å². The third kappa shape index (κ3) is 8.10. The lowest BCUT2D eigenvalue weighted by atomic mass is 9.89. The molecule has 0 spiro atoms. The Labute approximate surface area is 272 Å². The number of aliphatic hydroxyl groups is 1. The summed E-state index contributed by atoms with van der Waals surface area (Å²) in [7, 11) is 0. The first kappa shape index (κ1) is 32.1. The summed E-state index contributed by atoms with van der Waals surface area (Å²) < 4.78 is 13.5. The first-order valence-corrected chi connectivity index (χ1v) is 16.4. The number of rotatable bonds is 10. The van der Waals surface area contributed by atoms with Crippen LogP contribution in [0.2, 0.25) is 0 Å². The highest BCUT2D eigenvalue weighted by molar-refractivity contribution is 5.73. The maximum Gasteiger partial charge on any atom is 0.217 e. The van der Waals surface area contributed by atoms with Gasteiger partial charge in [-0.1, -0.05) is 104 Å². The first-order valence-electron chi connectivity index (χ1n) is 16.4. The van der Waals surface area contributed by atoms with Crippen LogP contribution in [0.15, 0.2) is 103 Å². The number of nitrogens with one attached hydrogen (secondary N) is 1. The molecule has 4 aromatic rings. The zero-order valence-electron chi connectivity index (χ0n) is 26.8. The minimum absolute atomic E-state index is 0.00734. The minimum Gasteiger partial charge on any atom is -0.392 e. The molecule has 7 heteroatoms. The molecule has 4 aromatic carbocycles.